The molecule has 3 aliphatic carbocycles. The minimum atomic E-state index is 0.973. The lowest BCUT2D eigenvalue weighted by Gasteiger charge is -2.38. The van der Waals surface area contributed by atoms with E-state index in [-0.39, 0.29) is 0 Å². The van der Waals surface area contributed by atoms with Gasteiger partial charge < -0.3 is 0 Å². The van der Waals surface area contributed by atoms with E-state index in [0.717, 1.165) is 11.3 Å². The Morgan fingerprint density at radius 2 is 2.08 bits per heavy atom. The van der Waals surface area contributed by atoms with Crippen molar-refractivity contribution in [1.29, 1.82) is 0 Å². The Morgan fingerprint density at radius 3 is 2.42 bits per heavy atom. The van der Waals surface area contributed by atoms with E-state index in [1.807, 2.05) is 13.8 Å². The van der Waals surface area contributed by atoms with Crippen molar-refractivity contribution in [2.75, 3.05) is 0 Å². The maximum absolute atomic E-state index is 2.38. The molecular formula is C12H22. The van der Waals surface area contributed by atoms with Gasteiger partial charge >= 0.3 is 0 Å². The Bertz CT molecular complexity index is 169. The molecule has 0 heteroatoms. The van der Waals surface area contributed by atoms with Gasteiger partial charge in [-0.05, 0) is 48.9 Å². The van der Waals surface area contributed by atoms with E-state index < -0.39 is 0 Å². The highest BCUT2D eigenvalue weighted by molar-refractivity contribution is 5.18. The lowest BCUT2D eigenvalue weighted by atomic mass is 9.67. The van der Waals surface area contributed by atoms with Crippen LogP contribution in [0.4, 0.5) is 0 Å². The SMILES string of the molecule is CC.CCC1CC2CC23CC[C@@H]13. The van der Waals surface area contributed by atoms with Crippen LogP contribution in [0, 0.1) is 23.2 Å². The van der Waals surface area contributed by atoms with Crippen LogP contribution in [0.15, 0.2) is 0 Å². The molecule has 0 heterocycles. The van der Waals surface area contributed by atoms with Crippen molar-refractivity contribution >= 4 is 0 Å². The van der Waals surface area contributed by atoms with Gasteiger partial charge in [-0.15, -0.1) is 0 Å². The Labute approximate surface area is 76.7 Å². The molecule has 70 valence electrons. The summed E-state index contributed by atoms with van der Waals surface area (Å²) in [6.45, 7) is 6.38. The zero-order chi connectivity index (χ0) is 8.77. The van der Waals surface area contributed by atoms with Gasteiger partial charge in [0, 0.05) is 0 Å². The molecule has 3 rings (SSSR count). The van der Waals surface area contributed by atoms with E-state index in [1.165, 1.54) is 18.3 Å². The van der Waals surface area contributed by atoms with Crippen molar-refractivity contribution in [2.24, 2.45) is 23.2 Å². The molecule has 3 saturated carbocycles. The van der Waals surface area contributed by atoms with Crippen LogP contribution in [0.1, 0.15) is 52.9 Å². The van der Waals surface area contributed by atoms with Crippen molar-refractivity contribution in [3.05, 3.63) is 0 Å². The van der Waals surface area contributed by atoms with Crippen molar-refractivity contribution in [2.45, 2.75) is 52.9 Å². The Hall–Kier alpha value is 0. The molecule has 0 nitrogen and oxygen atoms in total. The second kappa shape index (κ2) is 2.75. The molecule has 4 atom stereocenters. The molecule has 0 N–H and O–H groups in total. The van der Waals surface area contributed by atoms with Crippen LogP contribution in [0.2, 0.25) is 0 Å². The standard InChI is InChI=1S/C10H16.C2H6/c1-2-7-5-8-6-10(8)4-3-9(7)10;1-2/h7-9H,2-6H2,1H3;1-2H3/t7?,8?,9-,10?;/m0./s1. The monoisotopic (exact) mass is 166 g/mol. The summed E-state index contributed by atoms with van der Waals surface area (Å²) in [5.41, 5.74) is 0.973. The zero-order valence-corrected chi connectivity index (χ0v) is 8.77. The van der Waals surface area contributed by atoms with Crippen LogP contribution in [0.25, 0.3) is 0 Å². The number of hydrogen-bond acceptors (Lipinski definition) is 0. The first-order valence-corrected chi connectivity index (χ1v) is 5.87. The van der Waals surface area contributed by atoms with Gasteiger partial charge in [-0.2, -0.15) is 0 Å². The quantitative estimate of drug-likeness (QED) is 0.555. The van der Waals surface area contributed by atoms with E-state index in [0.29, 0.717) is 0 Å². The molecule has 3 unspecified atom stereocenters. The number of rotatable bonds is 1. The first kappa shape index (κ1) is 8.59. The maximum Gasteiger partial charge on any atom is -0.0235 e. The smallest absolute Gasteiger partial charge is 0.0235 e. The highest BCUT2D eigenvalue weighted by Crippen LogP contribution is 2.77. The third kappa shape index (κ3) is 0.843. The summed E-state index contributed by atoms with van der Waals surface area (Å²) in [7, 11) is 0. The van der Waals surface area contributed by atoms with Crippen LogP contribution < -0.4 is 0 Å². The second-order valence-electron chi connectivity index (χ2n) is 4.68. The summed E-state index contributed by atoms with van der Waals surface area (Å²) < 4.78 is 0. The van der Waals surface area contributed by atoms with Gasteiger partial charge in [0.25, 0.3) is 0 Å². The maximum atomic E-state index is 2.38. The third-order valence-corrected chi connectivity index (χ3v) is 4.62. The molecule has 0 radical (unpaired) electrons. The average molecular weight is 166 g/mol. The van der Waals surface area contributed by atoms with Crippen LogP contribution in [0.3, 0.4) is 0 Å². The fourth-order valence-electron chi connectivity index (χ4n) is 3.85. The minimum absolute atomic E-state index is 0.973. The van der Waals surface area contributed by atoms with E-state index in [2.05, 4.69) is 6.92 Å². The molecule has 0 aliphatic heterocycles. The third-order valence-electron chi connectivity index (χ3n) is 4.62. The van der Waals surface area contributed by atoms with Gasteiger partial charge in [0.15, 0.2) is 0 Å². The summed E-state index contributed by atoms with van der Waals surface area (Å²) in [6.07, 6.45) is 7.85. The van der Waals surface area contributed by atoms with Crippen LogP contribution >= 0.6 is 0 Å². The first-order valence-electron chi connectivity index (χ1n) is 5.87. The topological polar surface area (TPSA) is 0 Å². The van der Waals surface area contributed by atoms with Crippen molar-refractivity contribution in [3.63, 3.8) is 0 Å². The summed E-state index contributed by atoms with van der Waals surface area (Å²) >= 11 is 0. The second-order valence-corrected chi connectivity index (χ2v) is 4.68. The summed E-state index contributed by atoms with van der Waals surface area (Å²) in [5, 5.41) is 0. The molecule has 12 heavy (non-hydrogen) atoms. The summed E-state index contributed by atoms with van der Waals surface area (Å²) in [6, 6.07) is 0. The first-order chi connectivity index (χ1) is 5.87. The predicted molar refractivity (Wildman–Crippen MR) is 53.0 cm³/mol. The van der Waals surface area contributed by atoms with Gasteiger partial charge in [0.05, 0.1) is 0 Å². The van der Waals surface area contributed by atoms with Gasteiger partial charge in [0.2, 0.25) is 0 Å². The molecule has 0 aromatic carbocycles. The van der Waals surface area contributed by atoms with Crippen molar-refractivity contribution in [1.82, 2.24) is 0 Å². The molecule has 0 saturated heterocycles. The minimum Gasteiger partial charge on any atom is -0.0683 e. The van der Waals surface area contributed by atoms with Gasteiger partial charge in [-0.1, -0.05) is 27.2 Å². The van der Waals surface area contributed by atoms with Crippen LogP contribution in [-0.2, 0) is 0 Å². The Morgan fingerprint density at radius 1 is 1.33 bits per heavy atom. The highest BCUT2D eigenvalue weighted by Gasteiger charge is 2.69. The summed E-state index contributed by atoms with van der Waals surface area (Å²) in [4.78, 5) is 0. The van der Waals surface area contributed by atoms with Gasteiger partial charge in [0.1, 0.15) is 0 Å². The lowest BCUT2D eigenvalue weighted by molar-refractivity contribution is 0.115. The zero-order valence-electron chi connectivity index (χ0n) is 8.77. The Balaban J connectivity index is 0.000000264. The molecular weight excluding hydrogens is 144 g/mol. The van der Waals surface area contributed by atoms with Gasteiger partial charge in [-0.25, -0.2) is 0 Å². The molecule has 0 aromatic heterocycles. The van der Waals surface area contributed by atoms with E-state index in [4.69, 9.17) is 0 Å². The van der Waals surface area contributed by atoms with E-state index in [9.17, 15) is 0 Å². The molecule has 1 spiro atoms. The normalized spacial score (nSPS) is 52.8. The molecule has 3 fully saturated rings. The number of hydrogen-bond donors (Lipinski definition) is 0. The average Bonchev–Trinajstić information content (AvgIpc) is 2.77. The fraction of sp³-hybridized carbons (Fsp3) is 1.00. The molecule has 0 aromatic rings. The van der Waals surface area contributed by atoms with E-state index in [1.54, 1.807) is 25.7 Å². The highest BCUT2D eigenvalue weighted by atomic mass is 14.7. The molecule has 0 amide bonds. The Kier molecular flexibility index (Phi) is 1.97. The lowest BCUT2D eigenvalue weighted by Crippen LogP contribution is -2.29. The molecule has 3 aliphatic rings. The van der Waals surface area contributed by atoms with Crippen LogP contribution in [-0.4, -0.2) is 0 Å². The van der Waals surface area contributed by atoms with E-state index >= 15 is 0 Å². The predicted octanol–water partition coefficient (Wildman–Crippen LogP) is 3.86. The summed E-state index contributed by atoms with van der Waals surface area (Å²) in [5.74, 6) is 3.55. The largest absolute Gasteiger partial charge is 0.0683 e. The fourth-order valence-corrected chi connectivity index (χ4v) is 3.85. The van der Waals surface area contributed by atoms with Crippen molar-refractivity contribution in [3.8, 4) is 0 Å². The van der Waals surface area contributed by atoms with Crippen LogP contribution in [0.5, 0.6) is 0 Å². The molecule has 0 bridgehead atoms. The van der Waals surface area contributed by atoms with Crippen molar-refractivity contribution < 1.29 is 0 Å². The van der Waals surface area contributed by atoms with Gasteiger partial charge in [-0.3, -0.25) is 0 Å².